The van der Waals surface area contributed by atoms with Crippen LogP contribution in [-0.2, 0) is 13.0 Å². The topological polar surface area (TPSA) is 24.9 Å². The molecular formula is C19H19FN2S. The smallest absolute Gasteiger partial charge is 0.127 e. The van der Waals surface area contributed by atoms with Crippen LogP contribution in [0.25, 0.3) is 0 Å². The van der Waals surface area contributed by atoms with Gasteiger partial charge in [-0.1, -0.05) is 24.3 Å². The highest BCUT2D eigenvalue weighted by Crippen LogP contribution is 2.20. The molecule has 1 aromatic carbocycles. The second kappa shape index (κ2) is 7.49. The number of pyridine rings is 1. The number of nitrogens with zero attached hydrogens (tertiary/aromatic N) is 1. The molecule has 0 amide bonds. The van der Waals surface area contributed by atoms with Crippen molar-refractivity contribution < 1.29 is 4.39 Å². The molecule has 1 unspecified atom stereocenters. The van der Waals surface area contributed by atoms with E-state index in [2.05, 4.69) is 33.2 Å². The molecule has 1 N–H and O–H groups in total. The van der Waals surface area contributed by atoms with Gasteiger partial charge >= 0.3 is 0 Å². The van der Waals surface area contributed by atoms with Crippen LogP contribution in [0.3, 0.4) is 0 Å². The van der Waals surface area contributed by atoms with Gasteiger partial charge in [0.05, 0.1) is 11.7 Å². The van der Waals surface area contributed by atoms with Gasteiger partial charge < -0.3 is 5.32 Å². The molecule has 0 bridgehead atoms. The zero-order valence-electron chi connectivity index (χ0n) is 13.0. The molecule has 0 spiro atoms. The summed E-state index contributed by atoms with van der Waals surface area (Å²) in [6, 6.07) is 13.2. The molecule has 3 rings (SSSR count). The number of hydrogen-bond donors (Lipinski definition) is 1. The molecule has 0 aliphatic rings. The Hall–Kier alpha value is -2.04. The monoisotopic (exact) mass is 326 g/mol. The molecule has 0 saturated carbocycles. The molecule has 0 saturated heterocycles. The van der Waals surface area contributed by atoms with E-state index in [1.165, 1.54) is 11.6 Å². The number of hydrogen-bond acceptors (Lipinski definition) is 3. The van der Waals surface area contributed by atoms with Crippen LogP contribution in [0.1, 0.15) is 28.4 Å². The first-order chi connectivity index (χ1) is 11.2. The fourth-order valence-corrected chi connectivity index (χ4v) is 3.17. The lowest BCUT2D eigenvalue weighted by atomic mass is 10.0. The van der Waals surface area contributed by atoms with Gasteiger partial charge in [-0.3, -0.25) is 4.98 Å². The summed E-state index contributed by atoms with van der Waals surface area (Å²) in [5, 5.41) is 7.67. The first-order valence-electron chi connectivity index (χ1n) is 7.63. The minimum Gasteiger partial charge on any atom is -0.304 e. The van der Waals surface area contributed by atoms with Crippen molar-refractivity contribution >= 4 is 11.3 Å². The van der Waals surface area contributed by atoms with Crippen molar-refractivity contribution in [2.24, 2.45) is 0 Å². The number of halogens is 1. The molecule has 118 valence electrons. The van der Waals surface area contributed by atoms with E-state index in [9.17, 15) is 4.39 Å². The Morgan fingerprint density at radius 1 is 1.17 bits per heavy atom. The van der Waals surface area contributed by atoms with Gasteiger partial charge in [0.15, 0.2) is 0 Å². The van der Waals surface area contributed by atoms with Gasteiger partial charge in [0.2, 0.25) is 0 Å². The predicted molar refractivity (Wildman–Crippen MR) is 93.0 cm³/mol. The Morgan fingerprint density at radius 2 is 2.04 bits per heavy atom. The van der Waals surface area contributed by atoms with E-state index < -0.39 is 0 Å². The molecule has 0 radical (unpaired) electrons. The zero-order valence-corrected chi connectivity index (χ0v) is 13.8. The fourth-order valence-electron chi connectivity index (χ4n) is 2.49. The summed E-state index contributed by atoms with van der Waals surface area (Å²) >= 11 is 1.69. The van der Waals surface area contributed by atoms with E-state index in [-0.39, 0.29) is 11.9 Å². The fraction of sp³-hybridized carbons (Fsp3) is 0.211. The number of thiophene rings is 1. The minimum atomic E-state index is -0.175. The SMILES string of the molecule is Cc1ccc(C(Cc2ccsc2)NCc2ccccc2F)nc1. The van der Waals surface area contributed by atoms with Crippen LogP contribution >= 0.6 is 11.3 Å². The predicted octanol–water partition coefficient (Wildman–Crippen LogP) is 4.66. The van der Waals surface area contributed by atoms with Crippen molar-refractivity contribution in [3.8, 4) is 0 Å². The lowest BCUT2D eigenvalue weighted by Gasteiger charge is -2.18. The van der Waals surface area contributed by atoms with Gasteiger partial charge in [-0.15, -0.1) is 0 Å². The largest absolute Gasteiger partial charge is 0.304 e. The highest BCUT2D eigenvalue weighted by Gasteiger charge is 2.14. The van der Waals surface area contributed by atoms with Crippen molar-refractivity contribution in [2.45, 2.75) is 25.9 Å². The summed E-state index contributed by atoms with van der Waals surface area (Å²) in [5.41, 5.74) is 4.06. The summed E-state index contributed by atoms with van der Waals surface area (Å²) in [4.78, 5) is 4.54. The van der Waals surface area contributed by atoms with Crippen LogP contribution in [-0.4, -0.2) is 4.98 Å². The normalized spacial score (nSPS) is 12.3. The van der Waals surface area contributed by atoms with Gasteiger partial charge in [0.1, 0.15) is 5.82 Å². The van der Waals surface area contributed by atoms with Crippen molar-refractivity contribution in [3.05, 3.63) is 87.6 Å². The van der Waals surface area contributed by atoms with Gasteiger partial charge in [-0.05, 0) is 53.4 Å². The van der Waals surface area contributed by atoms with E-state index in [1.54, 1.807) is 17.4 Å². The Morgan fingerprint density at radius 3 is 2.74 bits per heavy atom. The summed E-state index contributed by atoms with van der Waals surface area (Å²) in [5.74, 6) is -0.175. The van der Waals surface area contributed by atoms with E-state index >= 15 is 0 Å². The highest BCUT2D eigenvalue weighted by atomic mass is 32.1. The van der Waals surface area contributed by atoms with E-state index in [0.717, 1.165) is 17.7 Å². The Labute approximate surface area is 140 Å². The van der Waals surface area contributed by atoms with Gasteiger partial charge in [0, 0.05) is 18.3 Å². The number of aromatic nitrogens is 1. The summed E-state index contributed by atoms with van der Waals surface area (Å²) in [7, 11) is 0. The second-order valence-corrected chi connectivity index (χ2v) is 6.40. The average Bonchev–Trinajstić information content (AvgIpc) is 3.07. The van der Waals surface area contributed by atoms with E-state index in [4.69, 9.17) is 0 Å². The maximum Gasteiger partial charge on any atom is 0.127 e. The molecule has 2 aromatic heterocycles. The number of aryl methyl sites for hydroxylation is 1. The van der Waals surface area contributed by atoms with Crippen LogP contribution in [0, 0.1) is 12.7 Å². The molecule has 4 heteroatoms. The molecule has 23 heavy (non-hydrogen) atoms. The Balaban J connectivity index is 1.77. The van der Waals surface area contributed by atoms with Crippen LogP contribution in [0.15, 0.2) is 59.4 Å². The van der Waals surface area contributed by atoms with Crippen molar-refractivity contribution in [1.29, 1.82) is 0 Å². The van der Waals surface area contributed by atoms with Crippen molar-refractivity contribution in [3.63, 3.8) is 0 Å². The third-order valence-corrected chi connectivity index (χ3v) is 4.54. The quantitative estimate of drug-likeness (QED) is 0.712. The summed E-state index contributed by atoms with van der Waals surface area (Å²) in [6.45, 7) is 2.51. The van der Waals surface area contributed by atoms with Crippen LogP contribution in [0.2, 0.25) is 0 Å². The van der Waals surface area contributed by atoms with E-state index in [1.807, 2.05) is 31.3 Å². The number of rotatable bonds is 6. The first-order valence-corrected chi connectivity index (χ1v) is 8.57. The molecule has 0 fully saturated rings. The van der Waals surface area contributed by atoms with Gasteiger partial charge in [0.25, 0.3) is 0 Å². The molecule has 3 aromatic rings. The van der Waals surface area contributed by atoms with Crippen molar-refractivity contribution in [2.75, 3.05) is 0 Å². The maximum absolute atomic E-state index is 13.8. The lowest BCUT2D eigenvalue weighted by molar-refractivity contribution is 0.504. The molecule has 2 heterocycles. The Bertz CT molecular complexity index is 738. The highest BCUT2D eigenvalue weighted by molar-refractivity contribution is 7.07. The third kappa shape index (κ3) is 4.24. The van der Waals surface area contributed by atoms with Gasteiger partial charge in [-0.2, -0.15) is 11.3 Å². The zero-order chi connectivity index (χ0) is 16.1. The molecule has 0 aliphatic heterocycles. The minimum absolute atomic E-state index is 0.0600. The van der Waals surface area contributed by atoms with E-state index in [0.29, 0.717) is 12.1 Å². The second-order valence-electron chi connectivity index (χ2n) is 5.62. The van der Waals surface area contributed by atoms with Crippen molar-refractivity contribution in [1.82, 2.24) is 10.3 Å². The molecule has 2 nitrogen and oxygen atoms in total. The average molecular weight is 326 g/mol. The Kier molecular flexibility index (Phi) is 5.16. The molecule has 1 atom stereocenters. The first kappa shape index (κ1) is 15.8. The molecule has 0 aliphatic carbocycles. The standard InChI is InChI=1S/C19H19FN2S/c1-14-6-7-18(21-11-14)19(10-15-8-9-23-13-15)22-12-16-4-2-3-5-17(16)20/h2-9,11,13,19,22H,10,12H2,1H3. The lowest BCUT2D eigenvalue weighted by Crippen LogP contribution is -2.24. The van der Waals surface area contributed by atoms with Crippen LogP contribution in [0.5, 0.6) is 0 Å². The molecular weight excluding hydrogens is 307 g/mol. The maximum atomic E-state index is 13.8. The van der Waals surface area contributed by atoms with Crippen LogP contribution in [0.4, 0.5) is 4.39 Å². The third-order valence-electron chi connectivity index (χ3n) is 3.81. The summed E-state index contributed by atoms with van der Waals surface area (Å²) in [6.07, 6.45) is 2.72. The summed E-state index contributed by atoms with van der Waals surface area (Å²) < 4.78 is 13.8. The number of benzene rings is 1. The van der Waals surface area contributed by atoms with Gasteiger partial charge in [-0.25, -0.2) is 4.39 Å². The number of nitrogens with one attached hydrogen (secondary N) is 1. The van der Waals surface area contributed by atoms with Crippen LogP contribution < -0.4 is 5.32 Å².